The Morgan fingerprint density at radius 1 is 1.28 bits per heavy atom. The van der Waals surface area contributed by atoms with Gasteiger partial charge >= 0.3 is 0 Å². The van der Waals surface area contributed by atoms with Gasteiger partial charge in [-0.15, -0.1) is 0 Å². The maximum absolute atomic E-state index is 13.6. The van der Waals surface area contributed by atoms with E-state index in [4.69, 9.17) is 16.3 Å². The lowest BCUT2D eigenvalue weighted by Gasteiger charge is -2.25. The van der Waals surface area contributed by atoms with Gasteiger partial charge < -0.3 is 10.1 Å². The van der Waals surface area contributed by atoms with Crippen LogP contribution in [0.2, 0.25) is 5.02 Å². The van der Waals surface area contributed by atoms with Gasteiger partial charge in [-0.05, 0) is 12.5 Å². The molecule has 0 spiro atoms. The molecule has 126 valence electrons. The molecule has 1 aliphatic rings. The highest BCUT2D eigenvalue weighted by Gasteiger charge is 2.29. The number of halogens is 2. The summed E-state index contributed by atoms with van der Waals surface area (Å²) >= 11 is 5.88. The molecular formula is C19H14ClFN2O2. The summed E-state index contributed by atoms with van der Waals surface area (Å²) in [6.45, 7) is 0.347. The molecule has 3 aromatic rings. The molecule has 0 unspecified atom stereocenters. The molecule has 25 heavy (non-hydrogen) atoms. The van der Waals surface area contributed by atoms with Crippen LogP contribution in [0, 0.1) is 5.82 Å². The standard InChI is InChI=1S/C19H14ClFN2O2/c20-15-7-14-13(5-6-25-18(14)8-16(15)21)19(24)23-17-10-22-9-11-3-1-2-4-12(11)17/h1-4,7-10,13H,5-6H2,(H,23,24)/t13-/m1/s1. The predicted octanol–water partition coefficient (Wildman–Crippen LogP) is 4.53. The van der Waals surface area contributed by atoms with Crippen molar-refractivity contribution in [2.24, 2.45) is 0 Å². The fourth-order valence-electron chi connectivity index (χ4n) is 3.09. The number of fused-ring (bicyclic) bond motifs is 2. The van der Waals surface area contributed by atoms with Crippen LogP contribution in [0.15, 0.2) is 48.8 Å². The third kappa shape index (κ3) is 2.91. The number of hydrogen-bond donors (Lipinski definition) is 1. The van der Waals surface area contributed by atoms with Crippen molar-refractivity contribution in [2.45, 2.75) is 12.3 Å². The van der Waals surface area contributed by atoms with E-state index in [1.54, 1.807) is 12.4 Å². The van der Waals surface area contributed by atoms with Crippen LogP contribution in [0.5, 0.6) is 5.75 Å². The van der Waals surface area contributed by atoms with Crippen LogP contribution >= 0.6 is 11.6 Å². The van der Waals surface area contributed by atoms with Crippen molar-refractivity contribution in [1.82, 2.24) is 4.98 Å². The lowest BCUT2D eigenvalue weighted by molar-refractivity contribution is -0.118. The smallest absolute Gasteiger partial charge is 0.232 e. The average molecular weight is 357 g/mol. The molecule has 1 aliphatic heterocycles. The van der Waals surface area contributed by atoms with Crippen LogP contribution in [0.25, 0.3) is 10.8 Å². The Kier molecular flexibility index (Phi) is 4.01. The van der Waals surface area contributed by atoms with Crippen molar-refractivity contribution in [3.8, 4) is 5.75 Å². The van der Waals surface area contributed by atoms with Crippen LogP contribution < -0.4 is 10.1 Å². The Morgan fingerprint density at radius 2 is 2.12 bits per heavy atom. The SMILES string of the molecule is O=C(Nc1cncc2ccccc12)[C@@H]1CCOc2cc(F)c(Cl)cc21. The van der Waals surface area contributed by atoms with E-state index in [0.717, 1.165) is 10.8 Å². The van der Waals surface area contributed by atoms with Crippen molar-refractivity contribution in [1.29, 1.82) is 0 Å². The Morgan fingerprint density at radius 3 is 3.00 bits per heavy atom. The number of amides is 1. The summed E-state index contributed by atoms with van der Waals surface area (Å²) in [5.74, 6) is -0.838. The van der Waals surface area contributed by atoms with E-state index in [1.165, 1.54) is 12.1 Å². The van der Waals surface area contributed by atoms with Crippen LogP contribution in [-0.2, 0) is 4.79 Å². The van der Waals surface area contributed by atoms with Crippen LogP contribution in [0.3, 0.4) is 0 Å². The molecule has 4 nitrogen and oxygen atoms in total. The average Bonchev–Trinajstić information content (AvgIpc) is 2.62. The number of aromatic nitrogens is 1. The number of ether oxygens (including phenoxy) is 1. The highest BCUT2D eigenvalue weighted by Crippen LogP contribution is 2.37. The van der Waals surface area contributed by atoms with E-state index in [0.29, 0.717) is 30.0 Å². The second-order valence-corrected chi connectivity index (χ2v) is 6.30. The summed E-state index contributed by atoms with van der Waals surface area (Å²) in [5, 5.41) is 4.77. The number of hydrogen-bond acceptors (Lipinski definition) is 3. The molecule has 1 aromatic heterocycles. The third-order valence-electron chi connectivity index (χ3n) is 4.33. The van der Waals surface area contributed by atoms with Gasteiger partial charge in [0.1, 0.15) is 11.6 Å². The molecule has 1 amide bonds. The van der Waals surface area contributed by atoms with Gasteiger partial charge in [-0.2, -0.15) is 0 Å². The quantitative estimate of drug-likeness (QED) is 0.733. The van der Waals surface area contributed by atoms with Gasteiger partial charge in [0.05, 0.1) is 29.4 Å². The first-order chi connectivity index (χ1) is 12.1. The van der Waals surface area contributed by atoms with Crippen molar-refractivity contribution in [3.05, 3.63) is 65.2 Å². The third-order valence-corrected chi connectivity index (χ3v) is 4.62. The van der Waals surface area contributed by atoms with Crippen LogP contribution in [0.4, 0.5) is 10.1 Å². The van der Waals surface area contributed by atoms with Gasteiger partial charge in [0.2, 0.25) is 5.91 Å². The van der Waals surface area contributed by atoms with Crippen molar-refractivity contribution in [3.63, 3.8) is 0 Å². The normalized spacial score (nSPS) is 16.2. The zero-order valence-electron chi connectivity index (χ0n) is 13.1. The number of pyridine rings is 1. The van der Waals surface area contributed by atoms with E-state index in [9.17, 15) is 9.18 Å². The van der Waals surface area contributed by atoms with Crippen molar-refractivity contribution in [2.75, 3.05) is 11.9 Å². The van der Waals surface area contributed by atoms with E-state index < -0.39 is 11.7 Å². The number of nitrogens with zero attached hydrogens (tertiary/aromatic N) is 1. The number of carbonyl (C=O) groups is 1. The maximum atomic E-state index is 13.6. The largest absolute Gasteiger partial charge is 0.493 e. The molecule has 1 atom stereocenters. The number of nitrogens with one attached hydrogen (secondary N) is 1. The zero-order chi connectivity index (χ0) is 17.4. The van der Waals surface area contributed by atoms with Gasteiger partial charge in [-0.1, -0.05) is 35.9 Å². The Balaban J connectivity index is 1.67. The fourth-order valence-corrected chi connectivity index (χ4v) is 3.26. The minimum Gasteiger partial charge on any atom is -0.493 e. The van der Waals surface area contributed by atoms with Crippen LogP contribution in [0.1, 0.15) is 17.9 Å². The number of rotatable bonds is 2. The summed E-state index contributed by atoms with van der Waals surface area (Å²) in [7, 11) is 0. The van der Waals surface area contributed by atoms with E-state index in [-0.39, 0.29) is 10.9 Å². The summed E-state index contributed by atoms with van der Waals surface area (Å²) in [4.78, 5) is 17.0. The van der Waals surface area contributed by atoms with Gasteiger partial charge in [-0.3, -0.25) is 9.78 Å². The molecule has 0 radical (unpaired) electrons. The molecule has 0 bridgehead atoms. The minimum atomic E-state index is -0.556. The van der Waals surface area contributed by atoms with Gasteiger partial charge in [0.25, 0.3) is 0 Å². The summed E-state index contributed by atoms with van der Waals surface area (Å²) in [6.07, 6.45) is 3.87. The Bertz CT molecular complexity index is 972. The number of anilines is 1. The van der Waals surface area contributed by atoms with E-state index in [1.807, 2.05) is 24.3 Å². The number of benzene rings is 2. The summed E-state index contributed by atoms with van der Waals surface area (Å²) in [5.41, 5.74) is 1.24. The lowest BCUT2D eigenvalue weighted by atomic mass is 9.92. The molecule has 0 aliphatic carbocycles. The molecule has 4 rings (SSSR count). The first-order valence-electron chi connectivity index (χ1n) is 7.89. The highest BCUT2D eigenvalue weighted by molar-refractivity contribution is 6.30. The summed E-state index contributed by atoms with van der Waals surface area (Å²) < 4.78 is 19.1. The second kappa shape index (κ2) is 6.33. The first-order valence-corrected chi connectivity index (χ1v) is 8.26. The molecule has 0 saturated carbocycles. The Labute approximate surface area is 148 Å². The second-order valence-electron chi connectivity index (χ2n) is 5.89. The minimum absolute atomic E-state index is 0.0196. The van der Waals surface area contributed by atoms with Crippen molar-refractivity contribution < 1.29 is 13.9 Å². The molecule has 2 heterocycles. The topological polar surface area (TPSA) is 51.2 Å². The lowest BCUT2D eigenvalue weighted by Crippen LogP contribution is -2.26. The Hall–Kier alpha value is -2.66. The highest BCUT2D eigenvalue weighted by atomic mass is 35.5. The molecule has 6 heteroatoms. The maximum Gasteiger partial charge on any atom is 0.232 e. The molecule has 0 saturated heterocycles. The van der Waals surface area contributed by atoms with Crippen LogP contribution in [-0.4, -0.2) is 17.5 Å². The van der Waals surface area contributed by atoms with E-state index in [2.05, 4.69) is 10.3 Å². The van der Waals surface area contributed by atoms with Crippen molar-refractivity contribution >= 4 is 34.0 Å². The molecule has 2 aromatic carbocycles. The monoisotopic (exact) mass is 356 g/mol. The van der Waals surface area contributed by atoms with E-state index >= 15 is 0 Å². The molecule has 1 N–H and O–H groups in total. The molecule has 0 fully saturated rings. The zero-order valence-corrected chi connectivity index (χ0v) is 13.9. The van der Waals surface area contributed by atoms with Gasteiger partial charge in [0, 0.05) is 28.6 Å². The van der Waals surface area contributed by atoms with Gasteiger partial charge in [0.15, 0.2) is 0 Å². The first kappa shape index (κ1) is 15.8. The number of carbonyl (C=O) groups excluding carboxylic acids is 1. The summed E-state index contributed by atoms with van der Waals surface area (Å²) in [6, 6.07) is 10.4. The fraction of sp³-hybridized carbons (Fsp3) is 0.158. The predicted molar refractivity (Wildman–Crippen MR) is 94.6 cm³/mol. The van der Waals surface area contributed by atoms with Gasteiger partial charge in [-0.25, -0.2) is 4.39 Å². The molecular weight excluding hydrogens is 343 g/mol.